The van der Waals surface area contributed by atoms with Gasteiger partial charge in [0.25, 0.3) is 0 Å². The summed E-state index contributed by atoms with van der Waals surface area (Å²) in [7, 11) is 2.02. The highest BCUT2D eigenvalue weighted by Crippen LogP contribution is 2.29. The van der Waals surface area contributed by atoms with Gasteiger partial charge in [0.15, 0.2) is 0 Å². The third kappa shape index (κ3) is 4.51. The number of piperidine rings is 2. The zero-order chi connectivity index (χ0) is 18.0. The van der Waals surface area contributed by atoms with Crippen LogP contribution in [0, 0.1) is 0 Å². The third-order valence-corrected chi connectivity index (χ3v) is 5.27. The SMILES string of the molecule is Cn1cnnc1C1CCN(C2CCN(C(=O)OC(C)(C)C)CC2)CC1. The molecule has 2 fully saturated rings. The van der Waals surface area contributed by atoms with E-state index >= 15 is 0 Å². The summed E-state index contributed by atoms with van der Waals surface area (Å²) < 4.78 is 7.52. The van der Waals surface area contributed by atoms with Crippen LogP contribution >= 0.6 is 0 Å². The topological polar surface area (TPSA) is 63.5 Å². The summed E-state index contributed by atoms with van der Waals surface area (Å²) in [5.74, 6) is 1.63. The van der Waals surface area contributed by atoms with E-state index in [-0.39, 0.29) is 6.09 Å². The van der Waals surface area contributed by atoms with E-state index in [2.05, 4.69) is 15.1 Å². The molecule has 25 heavy (non-hydrogen) atoms. The maximum atomic E-state index is 12.2. The Kier molecular flexibility index (Phi) is 5.32. The predicted molar refractivity (Wildman–Crippen MR) is 95.4 cm³/mol. The predicted octanol–water partition coefficient (Wildman–Crippen LogP) is 2.39. The smallest absolute Gasteiger partial charge is 0.410 e. The number of rotatable bonds is 2. The van der Waals surface area contributed by atoms with E-state index in [4.69, 9.17) is 4.74 Å². The van der Waals surface area contributed by atoms with Crippen molar-refractivity contribution in [3.05, 3.63) is 12.2 Å². The zero-order valence-electron chi connectivity index (χ0n) is 15.9. The van der Waals surface area contributed by atoms with E-state index in [9.17, 15) is 4.79 Å². The maximum Gasteiger partial charge on any atom is 0.410 e. The van der Waals surface area contributed by atoms with E-state index < -0.39 is 5.60 Å². The minimum atomic E-state index is -0.421. The quantitative estimate of drug-likeness (QED) is 0.820. The second-order valence-corrected chi connectivity index (χ2v) is 8.31. The number of aromatic nitrogens is 3. The second-order valence-electron chi connectivity index (χ2n) is 8.31. The van der Waals surface area contributed by atoms with Crippen LogP contribution in [0.2, 0.25) is 0 Å². The van der Waals surface area contributed by atoms with Crippen LogP contribution in [-0.4, -0.2) is 68.5 Å². The molecule has 2 aliphatic rings. The monoisotopic (exact) mass is 349 g/mol. The zero-order valence-corrected chi connectivity index (χ0v) is 15.9. The first-order valence-electron chi connectivity index (χ1n) is 9.39. The molecule has 0 N–H and O–H groups in total. The molecule has 7 nitrogen and oxygen atoms in total. The first-order valence-corrected chi connectivity index (χ1v) is 9.39. The van der Waals surface area contributed by atoms with Gasteiger partial charge in [-0.15, -0.1) is 10.2 Å². The molecule has 0 radical (unpaired) electrons. The van der Waals surface area contributed by atoms with Crippen molar-refractivity contribution in [1.82, 2.24) is 24.6 Å². The molecule has 140 valence electrons. The van der Waals surface area contributed by atoms with Crippen molar-refractivity contribution in [2.75, 3.05) is 26.2 Å². The summed E-state index contributed by atoms with van der Waals surface area (Å²) in [5, 5.41) is 8.28. The Morgan fingerprint density at radius 3 is 2.28 bits per heavy atom. The van der Waals surface area contributed by atoms with E-state index in [0.29, 0.717) is 12.0 Å². The van der Waals surface area contributed by atoms with Crippen LogP contribution in [0.25, 0.3) is 0 Å². The Bertz CT molecular complexity index is 579. The van der Waals surface area contributed by atoms with Gasteiger partial charge in [0.05, 0.1) is 0 Å². The summed E-state index contributed by atoms with van der Waals surface area (Å²) in [6.07, 6.45) is 5.96. The van der Waals surface area contributed by atoms with Crippen molar-refractivity contribution >= 4 is 6.09 Å². The highest BCUT2D eigenvalue weighted by molar-refractivity contribution is 5.68. The molecule has 2 aliphatic heterocycles. The molecule has 7 heteroatoms. The number of likely N-dealkylation sites (tertiary alicyclic amines) is 2. The molecule has 0 aliphatic carbocycles. The van der Waals surface area contributed by atoms with Crippen LogP contribution in [0.15, 0.2) is 6.33 Å². The van der Waals surface area contributed by atoms with Gasteiger partial charge in [-0.05, 0) is 59.5 Å². The average Bonchev–Trinajstić information content (AvgIpc) is 3.00. The number of ether oxygens (including phenoxy) is 1. The number of nitrogens with zero attached hydrogens (tertiary/aromatic N) is 5. The highest BCUT2D eigenvalue weighted by Gasteiger charge is 2.32. The molecule has 0 atom stereocenters. The molecule has 1 amide bonds. The van der Waals surface area contributed by atoms with Gasteiger partial charge in [-0.25, -0.2) is 4.79 Å². The lowest BCUT2D eigenvalue weighted by Crippen LogP contribution is -2.49. The van der Waals surface area contributed by atoms with Crippen molar-refractivity contribution in [1.29, 1.82) is 0 Å². The molecule has 1 aromatic rings. The van der Waals surface area contributed by atoms with Gasteiger partial charge in [0.2, 0.25) is 0 Å². The van der Waals surface area contributed by atoms with Crippen molar-refractivity contribution < 1.29 is 9.53 Å². The van der Waals surface area contributed by atoms with Gasteiger partial charge in [0.1, 0.15) is 17.8 Å². The summed E-state index contributed by atoms with van der Waals surface area (Å²) in [4.78, 5) is 16.6. The molecule has 2 saturated heterocycles. The largest absolute Gasteiger partial charge is 0.444 e. The number of aryl methyl sites for hydroxylation is 1. The second kappa shape index (κ2) is 7.32. The molecule has 0 saturated carbocycles. The molecule has 0 aromatic carbocycles. The Morgan fingerprint density at radius 1 is 1.12 bits per heavy atom. The molecule has 0 unspecified atom stereocenters. The van der Waals surface area contributed by atoms with Gasteiger partial charge < -0.3 is 19.1 Å². The summed E-state index contributed by atoms with van der Waals surface area (Å²) >= 11 is 0. The lowest BCUT2D eigenvalue weighted by molar-refractivity contribution is 0.0126. The van der Waals surface area contributed by atoms with Gasteiger partial charge >= 0.3 is 6.09 Å². The molecule has 3 rings (SSSR count). The molecule has 0 spiro atoms. The minimum Gasteiger partial charge on any atom is -0.444 e. The lowest BCUT2D eigenvalue weighted by Gasteiger charge is -2.41. The Hall–Kier alpha value is -1.63. The normalized spacial score (nSPS) is 21.5. The van der Waals surface area contributed by atoms with Crippen LogP contribution in [-0.2, 0) is 11.8 Å². The summed E-state index contributed by atoms with van der Waals surface area (Å²) in [6.45, 7) is 9.55. The number of amides is 1. The average molecular weight is 349 g/mol. The van der Waals surface area contributed by atoms with Gasteiger partial charge in [-0.1, -0.05) is 0 Å². The number of carbonyl (C=O) groups excluding carboxylic acids is 1. The van der Waals surface area contributed by atoms with Crippen LogP contribution < -0.4 is 0 Å². The Balaban J connectivity index is 1.45. The van der Waals surface area contributed by atoms with E-state index in [1.54, 1.807) is 6.33 Å². The standard InChI is InChI=1S/C18H31N5O2/c1-18(2,3)25-17(24)23-11-7-15(8-12-23)22-9-5-14(6-10-22)16-20-19-13-21(16)4/h13-15H,5-12H2,1-4H3. The van der Waals surface area contributed by atoms with Crippen LogP contribution in [0.5, 0.6) is 0 Å². The molecular formula is C18H31N5O2. The maximum absolute atomic E-state index is 12.2. The highest BCUT2D eigenvalue weighted by atomic mass is 16.6. The van der Waals surface area contributed by atoms with Crippen molar-refractivity contribution in [3.8, 4) is 0 Å². The van der Waals surface area contributed by atoms with Gasteiger partial charge in [-0.2, -0.15) is 0 Å². The minimum absolute atomic E-state index is 0.174. The van der Waals surface area contributed by atoms with Crippen molar-refractivity contribution in [2.24, 2.45) is 7.05 Å². The fourth-order valence-electron chi connectivity index (χ4n) is 3.92. The fraction of sp³-hybridized carbons (Fsp3) is 0.833. The van der Waals surface area contributed by atoms with Crippen molar-refractivity contribution in [2.45, 2.75) is 64.0 Å². The summed E-state index contributed by atoms with van der Waals surface area (Å²) in [5.41, 5.74) is -0.421. The Labute approximate surface area is 150 Å². The van der Waals surface area contributed by atoms with Crippen LogP contribution in [0.3, 0.4) is 0 Å². The van der Waals surface area contributed by atoms with E-state index in [0.717, 1.165) is 57.7 Å². The molecule has 0 bridgehead atoms. The number of hydrogen-bond acceptors (Lipinski definition) is 5. The molecule has 1 aromatic heterocycles. The lowest BCUT2D eigenvalue weighted by atomic mass is 9.93. The molecular weight excluding hydrogens is 318 g/mol. The van der Waals surface area contributed by atoms with E-state index in [1.807, 2.05) is 37.3 Å². The number of hydrogen-bond donors (Lipinski definition) is 0. The van der Waals surface area contributed by atoms with Crippen LogP contribution in [0.4, 0.5) is 4.79 Å². The first kappa shape index (κ1) is 18.2. The van der Waals surface area contributed by atoms with E-state index in [1.165, 1.54) is 0 Å². The van der Waals surface area contributed by atoms with Crippen molar-refractivity contribution in [3.63, 3.8) is 0 Å². The van der Waals surface area contributed by atoms with Crippen LogP contribution in [0.1, 0.15) is 58.2 Å². The summed E-state index contributed by atoms with van der Waals surface area (Å²) in [6, 6.07) is 0.583. The van der Waals surface area contributed by atoms with Gasteiger partial charge in [0, 0.05) is 32.1 Å². The van der Waals surface area contributed by atoms with Gasteiger partial charge in [-0.3, -0.25) is 0 Å². The number of carbonyl (C=O) groups is 1. The first-order chi connectivity index (χ1) is 11.8. The third-order valence-electron chi connectivity index (χ3n) is 5.27. The molecule has 3 heterocycles. The Morgan fingerprint density at radius 2 is 1.76 bits per heavy atom. The fourth-order valence-corrected chi connectivity index (χ4v) is 3.92.